The minimum absolute atomic E-state index is 0.105. The maximum absolute atomic E-state index is 14.0. The first kappa shape index (κ1) is 14.1. The highest BCUT2D eigenvalue weighted by atomic mass is 19.1. The van der Waals surface area contributed by atoms with E-state index in [2.05, 4.69) is 20.4 Å². The molecule has 120 valence electrons. The van der Waals surface area contributed by atoms with Crippen LogP contribution in [0.2, 0.25) is 0 Å². The largest absolute Gasteiger partial charge is 0.494 e. The highest BCUT2D eigenvalue weighted by Crippen LogP contribution is 2.28. The Hall–Kier alpha value is -2.52. The monoisotopic (exact) mass is 318 g/mol. The van der Waals surface area contributed by atoms with Crippen molar-refractivity contribution in [1.82, 2.24) is 24.9 Å². The number of nitrogen functional groups attached to an aromatic ring is 1. The molecule has 0 spiro atoms. The number of benzene rings is 1. The van der Waals surface area contributed by atoms with E-state index >= 15 is 0 Å². The smallest absolute Gasteiger partial charge is 0.223 e. The first-order chi connectivity index (χ1) is 11.2. The average Bonchev–Trinajstić information content (AvgIpc) is 3.02. The lowest BCUT2D eigenvalue weighted by Crippen LogP contribution is -2.33. The van der Waals surface area contributed by atoms with Crippen LogP contribution in [0.3, 0.4) is 0 Å². The number of rotatable bonds is 2. The maximum Gasteiger partial charge on any atom is 0.223 e. The molecule has 1 fully saturated rings. The van der Waals surface area contributed by atoms with Crippen molar-refractivity contribution in [3.63, 3.8) is 0 Å². The Kier molecular flexibility index (Phi) is 3.24. The van der Waals surface area contributed by atoms with E-state index in [4.69, 9.17) is 15.2 Å². The molecule has 1 saturated heterocycles. The average molecular weight is 318 g/mol. The number of morpholine rings is 1. The highest BCUT2D eigenvalue weighted by molar-refractivity contribution is 5.93. The van der Waals surface area contributed by atoms with E-state index in [0.717, 1.165) is 6.54 Å². The second-order valence-corrected chi connectivity index (χ2v) is 5.24. The number of ether oxygens (including phenoxy) is 2. The van der Waals surface area contributed by atoms with Gasteiger partial charge in [0, 0.05) is 24.5 Å². The van der Waals surface area contributed by atoms with Gasteiger partial charge in [-0.05, 0) is 6.07 Å². The summed E-state index contributed by atoms with van der Waals surface area (Å²) in [5.41, 5.74) is 6.89. The lowest BCUT2D eigenvalue weighted by atomic mass is 10.2. The minimum atomic E-state index is -0.492. The molecule has 0 aliphatic carbocycles. The first-order valence-electron chi connectivity index (χ1n) is 7.19. The molecule has 3 aromatic rings. The number of fused-ring (bicyclic) bond motifs is 3. The van der Waals surface area contributed by atoms with Gasteiger partial charge in [-0.3, -0.25) is 0 Å². The number of nitrogens with two attached hydrogens (primary N) is 1. The number of hydrogen-bond acceptors (Lipinski definition) is 7. The van der Waals surface area contributed by atoms with Crippen LogP contribution in [-0.4, -0.2) is 46.4 Å². The Morgan fingerprint density at radius 3 is 3.04 bits per heavy atom. The summed E-state index contributed by atoms with van der Waals surface area (Å²) < 4.78 is 26.1. The topological polar surface area (TPSA) is 99.6 Å². The van der Waals surface area contributed by atoms with Gasteiger partial charge in [0.25, 0.3) is 0 Å². The zero-order valence-corrected chi connectivity index (χ0v) is 12.4. The molecule has 1 aliphatic rings. The lowest BCUT2D eigenvalue weighted by Gasteiger charge is -2.20. The van der Waals surface area contributed by atoms with Crippen LogP contribution < -0.4 is 15.8 Å². The van der Waals surface area contributed by atoms with Crippen LogP contribution >= 0.6 is 0 Å². The Balaban J connectivity index is 1.93. The predicted molar refractivity (Wildman–Crippen MR) is 80.8 cm³/mol. The van der Waals surface area contributed by atoms with Crippen LogP contribution in [0.15, 0.2) is 12.1 Å². The van der Waals surface area contributed by atoms with Crippen LogP contribution in [0.1, 0.15) is 11.9 Å². The molecule has 1 aliphatic heterocycles. The van der Waals surface area contributed by atoms with E-state index in [0.29, 0.717) is 35.5 Å². The van der Waals surface area contributed by atoms with Gasteiger partial charge >= 0.3 is 0 Å². The molecule has 0 amide bonds. The molecule has 1 unspecified atom stereocenters. The number of hydrogen-bond donors (Lipinski definition) is 2. The van der Waals surface area contributed by atoms with E-state index in [1.165, 1.54) is 23.8 Å². The molecule has 8 nitrogen and oxygen atoms in total. The van der Waals surface area contributed by atoms with Crippen LogP contribution in [0.25, 0.3) is 16.6 Å². The third kappa shape index (κ3) is 2.25. The standard InChI is InChI=1S/C14H15FN6O2/c1-22-10-5-9-7(4-8(10)15)13-19-12(11-6-17-2-3-23-11)20-21(13)14(16)18-9/h4-5,11,17H,2-3,6H2,1H3,(H2,16,18). The molecule has 3 heterocycles. The number of nitrogens with one attached hydrogen (secondary N) is 1. The zero-order valence-electron chi connectivity index (χ0n) is 12.4. The summed E-state index contributed by atoms with van der Waals surface area (Å²) >= 11 is 0. The van der Waals surface area contributed by atoms with Crippen molar-refractivity contribution >= 4 is 22.5 Å². The maximum atomic E-state index is 14.0. The van der Waals surface area contributed by atoms with Crippen molar-refractivity contribution < 1.29 is 13.9 Å². The molecular formula is C14H15FN6O2. The third-order valence-corrected chi connectivity index (χ3v) is 3.80. The normalized spacial score (nSPS) is 18.6. The van der Waals surface area contributed by atoms with E-state index in [9.17, 15) is 4.39 Å². The van der Waals surface area contributed by atoms with Crippen molar-refractivity contribution in [1.29, 1.82) is 0 Å². The van der Waals surface area contributed by atoms with E-state index in [-0.39, 0.29) is 17.8 Å². The SMILES string of the molecule is COc1cc2nc(N)n3nc(C4CNCCO4)nc3c2cc1F. The van der Waals surface area contributed by atoms with Gasteiger partial charge in [-0.1, -0.05) is 0 Å². The molecule has 1 atom stereocenters. The molecule has 3 N–H and O–H groups in total. The van der Waals surface area contributed by atoms with E-state index < -0.39 is 5.82 Å². The van der Waals surface area contributed by atoms with Crippen LogP contribution in [0.4, 0.5) is 10.3 Å². The summed E-state index contributed by atoms with van der Waals surface area (Å²) in [5.74, 6) is 0.278. The van der Waals surface area contributed by atoms with Gasteiger partial charge in [0.05, 0.1) is 19.2 Å². The van der Waals surface area contributed by atoms with Crippen LogP contribution in [0.5, 0.6) is 5.75 Å². The van der Waals surface area contributed by atoms with Gasteiger partial charge in [0.2, 0.25) is 5.95 Å². The fourth-order valence-electron chi connectivity index (χ4n) is 2.67. The second-order valence-electron chi connectivity index (χ2n) is 5.24. The lowest BCUT2D eigenvalue weighted by molar-refractivity contribution is 0.0223. The number of anilines is 1. The number of nitrogens with zero attached hydrogens (tertiary/aromatic N) is 4. The molecule has 0 radical (unpaired) electrons. The first-order valence-corrected chi connectivity index (χ1v) is 7.19. The van der Waals surface area contributed by atoms with Gasteiger partial charge in [0.1, 0.15) is 6.10 Å². The van der Waals surface area contributed by atoms with Crippen LogP contribution in [0, 0.1) is 5.82 Å². The molecule has 0 saturated carbocycles. The van der Waals surface area contributed by atoms with Crippen molar-refractivity contribution in [3.8, 4) is 5.75 Å². The quantitative estimate of drug-likeness (QED) is 0.716. The van der Waals surface area contributed by atoms with E-state index in [1.807, 2.05) is 0 Å². The Labute approximate surface area is 130 Å². The fourth-order valence-corrected chi connectivity index (χ4v) is 2.67. The number of halogens is 1. The van der Waals surface area contributed by atoms with Gasteiger partial charge < -0.3 is 20.5 Å². The fraction of sp³-hybridized carbons (Fsp3) is 0.357. The van der Waals surface area contributed by atoms with E-state index in [1.54, 1.807) is 0 Å². The van der Waals surface area contributed by atoms with Gasteiger partial charge in [0.15, 0.2) is 23.0 Å². The van der Waals surface area contributed by atoms with Gasteiger partial charge in [-0.15, -0.1) is 5.10 Å². The summed E-state index contributed by atoms with van der Waals surface area (Å²) in [4.78, 5) is 8.73. The Morgan fingerprint density at radius 1 is 1.43 bits per heavy atom. The summed E-state index contributed by atoms with van der Waals surface area (Å²) in [6.45, 7) is 1.99. The van der Waals surface area contributed by atoms with Gasteiger partial charge in [-0.2, -0.15) is 4.52 Å². The predicted octanol–water partition coefficient (Wildman–Crippen LogP) is 0.668. The van der Waals surface area contributed by atoms with Gasteiger partial charge in [-0.25, -0.2) is 14.4 Å². The van der Waals surface area contributed by atoms with Crippen LogP contribution in [-0.2, 0) is 4.74 Å². The molecule has 0 bridgehead atoms. The summed E-state index contributed by atoms with van der Waals surface area (Å²) in [5, 5.41) is 8.09. The van der Waals surface area contributed by atoms with Crippen molar-refractivity contribution in [2.24, 2.45) is 0 Å². The third-order valence-electron chi connectivity index (χ3n) is 3.80. The summed E-state index contributed by atoms with van der Waals surface area (Å²) in [6.07, 6.45) is -0.263. The highest BCUT2D eigenvalue weighted by Gasteiger charge is 2.22. The molecule has 4 rings (SSSR count). The van der Waals surface area contributed by atoms with Crippen molar-refractivity contribution in [2.45, 2.75) is 6.10 Å². The van der Waals surface area contributed by atoms with Crippen molar-refractivity contribution in [2.75, 3.05) is 32.5 Å². The Morgan fingerprint density at radius 2 is 2.30 bits per heavy atom. The molecule has 23 heavy (non-hydrogen) atoms. The summed E-state index contributed by atoms with van der Waals surface area (Å²) in [7, 11) is 1.40. The molecular weight excluding hydrogens is 303 g/mol. The molecule has 9 heteroatoms. The minimum Gasteiger partial charge on any atom is -0.494 e. The molecule has 1 aromatic carbocycles. The Bertz CT molecular complexity index is 890. The number of aromatic nitrogens is 4. The molecule has 2 aromatic heterocycles. The summed E-state index contributed by atoms with van der Waals surface area (Å²) in [6, 6.07) is 2.82. The number of methoxy groups -OCH3 is 1. The zero-order chi connectivity index (χ0) is 16.0. The second kappa shape index (κ2) is 5.28. The van der Waals surface area contributed by atoms with Crippen molar-refractivity contribution in [3.05, 3.63) is 23.8 Å².